The Kier molecular flexibility index (Phi) is 4.96. The quantitative estimate of drug-likeness (QED) is 0.856. The van der Waals surface area contributed by atoms with E-state index in [0.717, 1.165) is 43.8 Å². The summed E-state index contributed by atoms with van der Waals surface area (Å²) in [5.41, 5.74) is 1.08. The third-order valence-electron chi connectivity index (χ3n) is 3.33. The fourth-order valence-electron chi connectivity index (χ4n) is 2.23. The van der Waals surface area contributed by atoms with E-state index >= 15 is 0 Å². The van der Waals surface area contributed by atoms with E-state index in [9.17, 15) is 0 Å². The molecule has 0 saturated carbocycles. The Morgan fingerprint density at radius 1 is 1.47 bits per heavy atom. The van der Waals surface area contributed by atoms with Crippen LogP contribution in [-0.4, -0.2) is 35.3 Å². The molecule has 2 atom stereocenters. The number of ether oxygens (including phenoxy) is 1. The molecule has 1 aliphatic rings. The van der Waals surface area contributed by atoms with Gasteiger partial charge < -0.3 is 15.4 Å². The number of nitrogens with one attached hydrogen (secondary N) is 2. The molecule has 0 spiro atoms. The van der Waals surface area contributed by atoms with Gasteiger partial charge in [-0.15, -0.1) is 0 Å². The number of hydrogen-bond acceptors (Lipinski definition) is 5. The monoisotopic (exact) mass is 264 g/mol. The zero-order valence-electron chi connectivity index (χ0n) is 12.1. The molecule has 2 rings (SSSR count). The van der Waals surface area contributed by atoms with Gasteiger partial charge in [-0.3, -0.25) is 0 Å². The third-order valence-corrected chi connectivity index (χ3v) is 3.33. The van der Waals surface area contributed by atoms with Crippen molar-refractivity contribution >= 4 is 11.8 Å². The molecule has 1 aromatic heterocycles. The highest BCUT2D eigenvalue weighted by atomic mass is 16.5. The molecule has 2 heterocycles. The van der Waals surface area contributed by atoms with Crippen molar-refractivity contribution in [3.05, 3.63) is 11.8 Å². The summed E-state index contributed by atoms with van der Waals surface area (Å²) in [5.74, 6) is 1.64. The van der Waals surface area contributed by atoms with Crippen LogP contribution in [0.5, 0.6) is 0 Å². The van der Waals surface area contributed by atoms with Gasteiger partial charge in [0.25, 0.3) is 0 Å². The van der Waals surface area contributed by atoms with Gasteiger partial charge in [-0.05, 0) is 33.1 Å². The third kappa shape index (κ3) is 4.06. The smallest absolute Gasteiger partial charge is 0.224 e. The van der Waals surface area contributed by atoms with Gasteiger partial charge in [-0.2, -0.15) is 4.98 Å². The van der Waals surface area contributed by atoms with Gasteiger partial charge in [0.1, 0.15) is 5.82 Å². The van der Waals surface area contributed by atoms with Gasteiger partial charge in [0.2, 0.25) is 5.95 Å². The zero-order valence-corrected chi connectivity index (χ0v) is 12.1. The van der Waals surface area contributed by atoms with E-state index in [0.29, 0.717) is 18.1 Å². The maximum absolute atomic E-state index is 5.57. The summed E-state index contributed by atoms with van der Waals surface area (Å²) in [6.45, 7) is 8.01. The Morgan fingerprint density at radius 2 is 2.32 bits per heavy atom. The molecule has 5 nitrogen and oxygen atoms in total. The van der Waals surface area contributed by atoms with Crippen molar-refractivity contribution in [2.75, 3.05) is 23.8 Å². The molecular weight excluding hydrogens is 240 g/mol. The van der Waals surface area contributed by atoms with Crippen LogP contribution in [0.1, 0.15) is 38.7 Å². The van der Waals surface area contributed by atoms with E-state index in [4.69, 9.17) is 4.74 Å². The fourth-order valence-corrected chi connectivity index (χ4v) is 2.23. The molecule has 1 aromatic rings. The minimum absolute atomic E-state index is 0.325. The lowest BCUT2D eigenvalue weighted by Crippen LogP contribution is -2.33. The van der Waals surface area contributed by atoms with E-state index in [-0.39, 0.29) is 0 Å². The maximum Gasteiger partial charge on any atom is 0.224 e. The zero-order chi connectivity index (χ0) is 13.7. The van der Waals surface area contributed by atoms with Crippen LogP contribution in [0.15, 0.2) is 6.20 Å². The van der Waals surface area contributed by atoms with Crippen molar-refractivity contribution in [2.24, 2.45) is 0 Å². The lowest BCUT2D eigenvalue weighted by Gasteiger charge is -2.28. The van der Waals surface area contributed by atoms with Crippen molar-refractivity contribution in [3.63, 3.8) is 0 Å². The Labute approximate surface area is 115 Å². The second kappa shape index (κ2) is 6.70. The molecule has 0 aliphatic carbocycles. The van der Waals surface area contributed by atoms with Crippen molar-refractivity contribution in [1.29, 1.82) is 0 Å². The van der Waals surface area contributed by atoms with E-state index in [1.165, 1.54) is 0 Å². The summed E-state index contributed by atoms with van der Waals surface area (Å²) < 4.78 is 5.57. The summed E-state index contributed by atoms with van der Waals surface area (Å²) in [6.07, 6.45) is 5.33. The first-order valence-electron chi connectivity index (χ1n) is 7.14. The predicted molar refractivity (Wildman–Crippen MR) is 77.6 cm³/mol. The number of nitrogens with zero attached hydrogens (tertiary/aromatic N) is 2. The topological polar surface area (TPSA) is 59.1 Å². The number of anilines is 2. The molecule has 2 N–H and O–H groups in total. The van der Waals surface area contributed by atoms with E-state index in [1.807, 2.05) is 13.1 Å². The molecule has 1 aliphatic heterocycles. The summed E-state index contributed by atoms with van der Waals surface area (Å²) in [5, 5.41) is 6.75. The highest BCUT2D eigenvalue weighted by Gasteiger charge is 2.20. The van der Waals surface area contributed by atoms with Crippen molar-refractivity contribution < 1.29 is 4.74 Å². The average Bonchev–Trinajstić information content (AvgIpc) is 2.40. The first kappa shape index (κ1) is 14.1. The Morgan fingerprint density at radius 3 is 3.05 bits per heavy atom. The Hall–Kier alpha value is -1.36. The SMILES string of the molecule is CCCNc1ncc(C)c(NC2CCOC(C)C2)n1. The predicted octanol–water partition coefficient (Wildman–Crippen LogP) is 2.59. The second-order valence-electron chi connectivity index (χ2n) is 5.20. The van der Waals surface area contributed by atoms with Crippen LogP contribution in [0, 0.1) is 6.92 Å². The standard InChI is InChI=1S/C14H24N4O/c1-4-6-15-14-16-9-10(2)13(18-14)17-12-5-7-19-11(3)8-12/h9,11-12H,4-8H2,1-3H3,(H2,15,16,17,18). The van der Waals surface area contributed by atoms with Crippen LogP contribution in [0.25, 0.3) is 0 Å². The van der Waals surface area contributed by atoms with Crippen LogP contribution in [0.4, 0.5) is 11.8 Å². The minimum atomic E-state index is 0.325. The van der Waals surface area contributed by atoms with Gasteiger partial charge in [0.15, 0.2) is 0 Å². The summed E-state index contributed by atoms with van der Waals surface area (Å²) in [7, 11) is 0. The molecule has 0 bridgehead atoms. The van der Waals surface area contributed by atoms with E-state index in [1.54, 1.807) is 0 Å². The van der Waals surface area contributed by atoms with Crippen LogP contribution in [0.2, 0.25) is 0 Å². The molecule has 0 amide bonds. The molecule has 5 heteroatoms. The lowest BCUT2D eigenvalue weighted by molar-refractivity contribution is 0.0231. The van der Waals surface area contributed by atoms with Crippen LogP contribution < -0.4 is 10.6 Å². The van der Waals surface area contributed by atoms with Crippen LogP contribution in [0.3, 0.4) is 0 Å². The van der Waals surface area contributed by atoms with Crippen molar-refractivity contribution in [1.82, 2.24) is 9.97 Å². The normalized spacial score (nSPS) is 23.1. The van der Waals surface area contributed by atoms with Gasteiger partial charge in [0, 0.05) is 31.0 Å². The summed E-state index contributed by atoms with van der Waals surface area (Å²) in [4.78, 5) is 8.85. The average molecular weight is 264 g/mol. The van der Waals surface area contributed by atoms with Gasteiger partial charge in [0.05, 0.1) is 6.10 Å². The lowest BCUT2D eigenvalue weighted by atomic mass is 10.0. The van der Waals surface area contributed by atoms with Gasteiger partial charge in [-0.1, -0.05) is 6.92 Å². The van der Waals surface area contributed by atoms with Crippen LogP contribution >= 0.6 is 0 Å². The molecule has 1 fully saturated rings. The van der Waals surface area contributed by atoms with E-state index in [2.05, 4.69) is 34.4 Å². The first-order valence-corrected chi connectivity index (χ1v) is 7.14. The van der Waals surface area contributed by atoms with Gasteiger partial charge >= 0.3 is 0 Å². The number of hydrogen-bond donors (Lipinski definition) is 2. The first-order chi connectivity index (χ1) is 9.19. The summed E-state index contributed by atoms with van der Waals surface area (Å²) >= 11 is 0. The fraction of sp³-hybridized carbons (Fsp3) is 0.714. The summed E-state index contributed by atoms with van der Waals surface area (Å²) in [6, 6.07) is 0.441. The second-order valence-corrected chi connectivity index (χ2v) is 5.20. The number of rotatable bonds is 5. The number of aromatic nitrogens is 2. The van der Waals surface area contributed by atoms with E-state index < -0.39 is 0 Å². The molecule has 19 heavy (non-hydrogen) atoms. The van der Waals surface area contributed by atoms with Crippen LogP contribution in [-0.2, 0) is 4.74 Å². The maximum atomic E-state index is 5.57. The number of aryl methyl sites for hydroxylation is 1. The molecule has 2 unspecified atom stereocenters. The Bertz CT molecular complexity index is 410. The molecule has 0 radical (unpaired) electrons. The molecule has 106 valence electrons. The molecular formula is C14H24N4O. The Balaban J connectivity index is 2.01. The molecule has 1 saturated heterocycles. The van der Waals surface area contributed by atoms with Crippen molar-refractivity contribution in [3.8, 4) is 0 Å². The largest absolute Gasteiger partial charge is 0.378 e. The minimum Gasteiger partial charge on any atom is -0.378 e. The van der Waals surface area contributed by atoms with Crippen molar-refractivity contribution in [2.45, 2.75) is 52.2 Å². The van der Waals surface area contributed by atoms with Gasteiger partial charge in [-0.25, -0.2) is 4.98 Å². The highest BCUT2D eigenvalue weighted by Crippen LogP contribution is 2.20. The highest BCUT2D eigenvalue weighted by molar-refractivity contribution is 5.47. The molecule has 0 aromatic carbocycles.